The van der Waals surface area contributed by atoms with Gasteiger partial charge in [-0.15, -0.1) is 0 Å². The molecular formula is C10H15FN2. The van der Waals surface area contributed by atoms with Crippen LogP contribution in [0.3, 0.4) is 0 Å². The first kappa shape index (κ1) is 9.99. The Hall–Kier alpha value is -1.09. The van der Waals surface area contributed by atoms with Crippen LogP contribution in [-0.4, -0.2) is 19.6 Å². The van der Waals surface area contributed by atoms with E-state index in [0.717, 1.165) is 0 Å². The molecule has 0 aliphatic carbocycles. The summed E-state index contributed by atoms with van der Waals surface area (Å²) in [4.78, 5) is 1.82. The first-order valence-electron chi connectivity index (χ1n) is 4.32. The van der Waals surface area contributed by atoms with Gasteiger partial charge in [0, 0.05) is 19.6 Å². The predicted octanol–water partition coefficient (Wildman–Crippen LogP) is 1.61. The van der Waals surface area contributed by atoms with Gasteiger partial charge in [0.1, 0.15) is 5.82 Å². The molecule has 0 amide bonds. The lowest BCUT2D eigenvalue weighted by Crippen LogP contribution is -2.33. The average molecular weight is 182 g/mol. The smallest absolute Gasteiger partial charge is 0.146 e. The summed E-state index contributed by atoms with van der Waals surface area (Å²) in [5.41, 5.74) is 6.21. The number of halogens is 1. The molecule has 0 saturated carbocycles. The molecule has 3 heteroatoms. The zero-order valence-electron chi connectivity index (χ0n) is 8.00. The molecule has 0 aliphatic heterocycles. The van der Waals surface area contributed by atoms with Crippen LogP contribution in [0.1, 0.15) is 6.92 Å². The monoisotopic (exact) mass is 182 g/mol. The third kappa shape index (κ3) is 2.70. The van der Waals surface area contributed by atoms with E-state index in [9.17, 15) is 4.39 Å². The van der Waals surface area contributed by atoms with Crippen molar-refractivity contribution in [2.24, 2.45) is 5.73 Å². The van der Waals surface area contributed by atoms with Gasteiger partial charge in [-0.25, -0.2) is 4.39 Å². The Balaban J connectivity index is 2.76. The fourth-order valence-corrected chi connectivity index (χ4v) is 1.29. The molecule has 72 valence electrons. The topological polar surface area (TPSA) is 29.3 Å². The number of hydrogen-bond acceptors (Lipinski definition) is 2. The molecule has 1 atom stereocenters. The zero-order chi connectivity index (χ0) is 9.84. The van der Waals surface area contributed by atoms with Crippen LogP contribution in [-0.2, 0) is 0 Å². The van der Waals surface area contributed by atoms with Crippen molar-refractivity contribution in [2.45, 2.75) is 13.0 Å². The van der Waals surface area contributed by atoms with Crippen LogP contribution in [0.2, 0.25) is 0 Å². The van der Waals surface area contributed by atoms with Gasteiger partial charge in [-0.05, 0) is 19.1 Å². The van der Waals surface area contributed by atoms with Crippen molar-refractivity contribution < 1.29 is 4.39 Å². The van der Waals surface area contributed by atoms with Crippen LogP contribution in [0.5, 0.6) is 0 Å². The number of rotatable bonds is 3. The lowest BCUT2D eigenvalue weighted by Gasteiger charge is -2.21. The number of likely N-dealkylation sites (N-methyl/N-ethyl adjacent to an activating group) is 1. The van der Waals surface area contributed by atoms with Gasteiger partial charge in [-0.2, -0.15) is 0 Å². The number of nitrogens with two attached hydrogens (primary N) is 1. The maximum absolute atomic E-state index is 13.2. The van der Waals surface area contributed by atoms with Crippen LogP contribution in [0.25, 0.3) is 0 Å². The van der Waals surface area contributed by atoms with Crippen LogP contribution < -0.4 is 10.6 Å². The third-order valence-electron chi connectivity index (χ3n) is 1.83. The van der Waals surface area contributed by atoms with Crippen molar-refractivity contribution in [1.82, 2.24) is 0 Å². The van der Waals surface area contributed by atoms with Crippen molar-refractivity contribution >= 4 is 5.69 Å². The molecule has 0 heterocycles. The summed E-state index contributed by atoms with van der Waals surface area (Å²) in [5, 5.41) is 0. The minimum atomic E-state index is -0.203. The minimum Gasteiger partial charge on any atom is -0.371 e. The van der Waals surface area contributed by atoms with E-state index in [4.69, 9.17) is 5.73 Å². The Morgan fingerprint density at radius 3 is 2.62 bits per heavy atom. The molecule has 13 heavy (non-hydrogen) atoms. The van der Waals surface area contributed by atoms with Crippen molar-refractivity contribution in [3.8, 4) is 0 Å². The van der Waals surface area contributed by atoms with E-state index in [2.05, 4.69) is 0 Å². The summed E-state index contributed by atoms with van der Waals surface area (Å²) in [6, 6.07) is 6.74. The van der Waals surface area contributed by atoms with E-state index in [0.29, 0.717) is 12.2 Å². The van der Waals surface area contributed by atoms with Gasteiger partial charge in [-0.3, -0.25) is 0 Å². The van der Waals surface area contributed by atoms with Gasteiger partial charge < -0.3 is 10.6 Å². The summed E-state index contributed by atoms with van der Waals surface area (Å²) < 4.78 is 13.2. The van der Waals surface area contributed by atoms with Gasteiger partial charge in [-0.1, -0.05) is 12.1 Å². The lowest BCUT2D eigenvalue weighted by molar-refractivity contribution is 0.616. The Morgan fingerprint density at radius 2 is 2.08 bits per heavy atom. The quantitative estimate of drug-likeness (QED) is 0.769. The molecule has 0 saturated heterocycles. The molecule has 2 nitrogen and oxygen atoms in total. The van der Waals surface area contributed by atoms with E-state index in [1.54, 1.807) is 12.1 Å². The number of anilines is 1. The van der Waals surface area contributed by atoms with Gasteiger partial charge in [0.25, 0.3) is 0 Å². The normalized spacial score (nSPS) is 12.6. The maximum atomic E-state index is 13.2. The predicted molar refractivity (Wildman–Crippen MR) is 53.3 cm³/mol. The highest BCUT2D eigenvalue weighted by Gasteiger charge is 2.07. The van der Waals surface area contributed by atoms with Gasteiger partial charge in [0.2, 0.25) is 0 Å². The van der Waals surface area contributed by atoms with Crippen LogP contribution >= 0.6 is 0 Å². The molecule has 0 radical (unpaired) electrons. The summed E-state index contributed by atoms with van der Waals surface area (Å²) in [7, 11) is 1.84. The Bertz CT molecular complexity index is 273. The minimum absolute atomic E-state index is 0.0459. The highest BCUT2D eigenvalue weighted by molar-refractivity contribution is 5.46. The van der Waals surface area contributed by atoms with Crippen molar-refractivity contribution in [2.75, 3.05) is 18.5 Å². The summed E-state index contributed by atoms with van der Waals surface area (Å²) in [6.07, 6.45) is 0. The fraction of sp³-hybridized carbons (Fsp3) is 0.400. The molecule has 1 aromatic carbocycles. The number of para-hydroxylation sites is 1. The number of nitrogens with zero attached hydrogens (tertiary/aromatic N) is 1. The molecule has 0 bridgehead atoms. The Morgan fingerprint density at radius 1 is 1.46 bits per heavy atom. The molecule has 1 aromatic rings. The fourth-order valence-electron chi connectivity index (χ4n) is 1.29. The van der Waals surface area contributed by atoms with Crippen molar-refractivity contribution in [3.05, 3.63) is 30.1 Å². The largest absolute Gasteiger partial charge is 0.371 e. The second kappa shape index (κ2) is 4.23. The van der Waals surface area contributed by atoms with Crippen LogP contribution in [0.15, 0.2) is 24.3 Å². The summed E-state index contributed by atoms with van der Waals surface area (Å²) in [6.45, 7) is 2.55. The van der Waals surface area contributed by atoms with Gasteiger partial charge >= 0.3 is 0 Å². The highest BCUT2D eigenvalue weighted by atomic mass is 19.1. The van der Waals surface area contributed by atoms with E-state index < -0.39 is 0 Å². The number of benzene rings is 1. The Kier molecular flexibility index (Phi) is 3.25. The average Bonchev–Trinajstić information content (AvgIpc) is 2.03. The second-order valence-corrected chi connectivity index (χ2v) is 3.31. The molecule has 0 aliphatic rings. The standard InChI is InChI=1S/C10H15FN2/c1-8(12)7-13(2)10-6-4-3-5-9(10)11/h3-6,8H,7,12H2,1-2H3. The molecule has 1 unspecified atom stereocenters. The summed E-state index contributed by atoms with van der Waals surface area (Å²) >= 11 is 0. The van der Waals surface area contributed by atoms with E-state index >= 15 is 0 Å². The number of hydrogen-bond donors (Lipinski definition) is 1. The molecule has 0 spiro atoms. The van der Waals surface area contributed by atoms with E-state index in [1.165, 1.54) is 6.07 Å². The Labute approximate surface area is 78.2 Å². The van der Waals surface area contributed by atoms with Crippen LogP contribution in [0.4, 0.5) is 10.1 Å². The molecular weight excluding hydrogens is 167 g/mol. The first-order valence-corrected chi connectivity index (χ1v) is 4.32. The lowest BCUT2D eigenvalue weighted by atomic mass is 10.2. The second-order valence-electron chi connectivity index (χ2n) is 3.31. The van der Waals surface area contributed by atoms with Gasteiger partial charge in [0.05, 0.1) is 5.69 Å². The zero-order valence-corrected chi connectivity index (χ0v) is 8.00. The maximum Gasteiger partial charge on any atom is 0.146 e. The van der Waals surface area contributed by atoms with E-state index in [1.807, 2.05) is 24.9 Å². The van der Waals surface area contributed by atoms with Crippen molar-refractivity contribution in [1.29, 1.82) is 0 Å². The molecule has 1 rings (SSSR count). The molecule has 0 aromatic heterocycles. The van der Waals surface area contributed by atoms with Crippen LogP contribution in [0, 0.1) is 5.82 Å². The first-order chi connectivity index (χ1) is 6.11. The molecule has 0 fully saturated rings. The molecule has 2 N–H and O–H groups in total. The summed E-state index contributed by atoms with van der Waals surface area (Å²) in [5.74, 6) is -0.203. The van der Waals surface area contributed by atoms with Gasteiger partial charge in [0.15, 0.2) is 0 Å². The van der Waals surface area contributed by atoms with Crippen molar-refractivity contribution in [3.63, 3.8) is 0 Å². The highest BCUT2D eigenvalue weighted by Crippen LogP contribution is 2.16. The third-order valence-corrected chi connectivity index (χ3v) is 1.83. The SMILES string of the molecule is CC(N)CN(C)c1ccccc1F. The van der Waals surface area contributed by atoms with E-state index in [-0.39, 0.29) is 11.9 Å².